The number of benzene rings is 2. The number of hydrogen-bond donors (Lipinski definition) is 0. The Morgan fingerprint density at radius 3 is 2.57 bits per heavy atom. The quantitative estimate of drug-likeness (QED) is 0.547. The molecular formula is C18H16N4S. The minimum Gasteiger partial charge on any atom is -0.281 e. The number of hydrogen-bond acceptors (Lipinski definition) is 4. The molecule has 2 heterocycles. The lowest BCUT2D eigenvalue weighted by molar-refractivity contribution is 1.03. The van der Waals surface area contributed by atoms with E-state index in [0.29, 0.717) is 0 Å². The first kappa shape index (κ1) is 14.1. The maximum Gasteiger partial charge on any atom is 0.168 e. The van der Waals surface area contributed by atoms with Gasteiger partial charge in [-0.1, -0.05) is 18.2 Å². The van der Waals surface area contributed by atoms with E-state index in [1.54, 1.807) is 17.7 Å². The third-order valence-electron chi connectivity index (χ3n) is 3.98. The fourth-order valence-electron chi connectivity index (χ4n) is 2.96. The van der Waals surface area contributed by atoms with E-state index in [1.165, 1.54) is 15.8 Å². The lowest BCUT2D eigenvalue weighted by Gasteiger charge is -2.12. The zero-order chi connectivity index (χ0) is 16.0. The van der Waals surface area contributed by atoms with Crippen LogP contribution in [0.3, 0.4) is 0 Å². The van der Waals surface area contributed by atoms with Gasteiger partial charge >= 0.3 is 0 Å². The van der Waals surface area contributed by atoms with Gasteiger partial charge in [-0.2, -0.15) is 0 Å². The monoisotopic (exact) mass is 320 g/mol. The van der Waals surface area contributed by atoms with E-state index in [0.717, 1.165) is 27.6 Å². The molecule has 0 spiro atoms. The molecule has 0 aliphatic rings. The highest BCUT2D eigenvalue weighted by Gasteiger charge is 2.13. The minimum atomic E-state index is 0.843. The molecule has 4 aromatic rings. The molecule has 0 aliphatic heterocycles. The van der Waals surface area contributed by atoms with E-state index >= 15 is 0 Å². The van der Waals surface area contributed by atoms with Gasteiger partial charge in [0, 0.05) is 5.56 Å². The number of thiazole rings is 1. The topological polar surface area (TPSA) is 43.6 Å². The number of rotatable bonds is 2. The van der Waals surface area contributed by atoms with Gasteiger partial charge < -0.3 is 0 Å². The van der Waals surface area contributed by atoms with Crippen molar-refractivity contribution in [3.05, 3.63) is 58.9 Å². The smallest absolute Gasteiger partial charge is 0.168 e. The van der Waals surface area contributed by atoms with Gasteiger partial charge in [0.1, 0.15) is 6.33 Å². The van der Waals surface area contributed by atoms with E-state index in [2.05, 4.69) is 70.0 Å². The molecule has 4 nitrogen and oxygen atoms in total. The molecule has 0 N–H and O–H groups in total. The lowest BCUT2D eigenvalue weighted by atomic mass is 10.1. The van der Waals surface area contributed by atoms with Crippen LogP contribution in [0.15, 0.2) is 42.7 Å². The second-order valence-electron chi connectivity index (χ2n) is 5.68. The number of fused-ring (bicyclic) bond motifs is 1. The second-order valence-corrected chi connectivity index (χ2v) is 6.92. The molecule has 0 fully saturated rings. The summed E-state index contributed by atoms with van der Waals surface area (Å²) in [5.41, 5.74) is 5.60. The molecule has 0 aliphatic carbocycles. The van der Waals surface area contributed by atoms with Gasteiger partial charge in [-0.25, -0.2) is 4.98 Å². The fraction of sp³-hybridized carbons (Fsp3) is 0.167. The maximum atomic E-state index is 4.58. The van der Waals surface area contributed by atoms with Crippen LogP contribution in [-0.2, 0) is 0 Å². The first-order valence-electron chi connectivity index (χ1n) is 7.47. The molecule has 5 heteroatoms. The van der Waals surface area contributed by atoms with Crippen molar-refractivity contribution in [2.24, 2.45) is 0 Å². The molecule has 0 radical (unpaired) electrons. The molecule has 2 aromatic carbocycles. The van der Waals surface area contributed by atoms with Crippen LogP contribution in [0.5, 0.6) is 0 Å². The van der Waals surface area contributed by atoms with Crippen molar-refractivity contribution in [3.63, 3.8) is 0 Å². The first-order valence-corrected chi connectivity index (χ1v) is 8.29. The van der Waals surface area contributed by atoms with Crippen molar-refractivity contribution in [2.75, 3.05) is 0 Å². The number of aryl methyl sites for hydroxylation is 3. The summed E-state index contributed by atoms with van der Waals surface area (Å²) in [5, 5.41) is 9.56. The molecule has 0 unspecified atom stereocenters. The van der Waals surface area contributed by atoms with E-state index < -0.39 is 0 Å². The van der Waals surface area contributed by atoms with Crippen molar-refractivity contribution < 1.29 is 0 Å². The predicted octanol–water partition coefficient (Wildman–Crippen LogP) is 4.47. The van der Waals surface area contributed by atoms with Crippen LogP contribution in [0.1, 0.15) is 16.1 Å². The Morgan fingerprint density at radius 1 is 1.00 bits per heavy atom. The Balaban J connectivity index is 1.91. The summed E-state index contributed by atoms with van der Waals surface area (Å²) in [6.45, 7) is 6.25. The van der Waals surface area contributed by atoms with Gasteiger partial charge in [0.2, 0.25) is 0 Å². The fourth-order valence-corrected chi connectivity index (χ4v) is 3.77. The largest absolute Gasteiger partial charge is 0.281 e. The Morgan fingerprint density at radius 2 is 1.78 bits per heavy atom. The maximum absolute atomic E-state index is 4.58. The summed E-state index contributed by atoms with van der Waals surface area (Å²) in [5.74, 6) is 0.843. The summed E-state index contributed by atoms with van der Waals surface area (Å²) >= 11 is 1.71. The van der Waals surface area contributed by atoms with Gasteiger partial charge in [0.15, 0.2) is 5.82 Å². The van der Waals surface area contributed by atoms with Crippen LogP contribution in [-0.4, -0.2) is 19.7 Å². The van der Waals surface area contributed by atoms with Gasteiger partial charge in [0.05, 0.1) is 20.9 Å². The van der Waals surface area contributed by atoms with Gasteiger partial charge in [-0.3, -0.25) is 4.57 Å². The highest BCUT2D eigenvalue weighted by atomic mass is 32.1. The molecular weight excluding hydrogens is 304 g/mol. The van der Waals surface area contributed by atoms with Crippen LogP contribution in [0.4, 0.5) is 0 Å². The van der Waals surface area contributed by atoms with Gasteiger partial charge in [-0.15, -0.1) is 21.5 Å². The number of para-hydroxylation sites is 1. The highest BCUT2D eigenvalue weighted by Crippen LogP contribution is 2.29. The molecule has 0 amide bonds. The molecule has 0 saturated carbocycles. The Hall–Kier alpha value is -2.53. The van der Waals surface area contributed by atoms with Crippen LogP contribution >= 0.6 is 11.3 Å². The molecule has 2 aromatic heterocycles. The van der Waals surface area contributed by atoms with Crippen molar-refractivity contribution in [1.29, 1.82) is 0 Å². The molecule has 0 bridgehead atoms. The zero-order valence-electron chi connectivity index (χ0n) is 13.2. The SMILES string of the molecule is Cc1nc2cc(-c3nncn3-c3c(C)cccc3C)ccc2s1. The number of nitrogens with zero attached hydrogens (tertiary/aromatic N) is 4. The molecule has 4 rings (SSSR count). The Bertz CT molecular complexity index is 993. The van der Waals surface area contributed by atoms with Crippen molar-refractivity contribution in [2.45, 2.75) is 20.8 Å². The number of aromatic nitrogens is 4. The van der Waals surface area contributed by atoms with E-state index in [9.17, 15) is 0 Å². The molecule has 0 atom stereocenters. The second kappa shape index (κ2) is 5.28. The van der Waals surface area contributed by atoms with E-state index in [-0.39, 0.29) is 0 Å². The zero-order valence-corrected chi connectivity index (χ0v) is 14.1. The normalized spacial score (nSPS) is 11.3. The third kappa shape index (κ3) is 2.33. The van der Waals surface area contributed by atoms with Crippen LogP contribution in [0.25, 0.3) is 27.3 Å². The van der Waals surface area contributed by atoms with Crippen LogP contribution < -0.4 is 0 Å². The van der Waals surface area contributed by atoms with Crippen molar-refractivity contribution in [3.8, 4) is 17.1 Å². The average molecular weight is 320 g/mol. The summed E-state index contributed by atoms with van der Waals surface area (Å²) < 4.78 is 3.26. The summed E-state index contributed by atoms with van der Waals surface area (Å²) in [6, 6.07) is 12.6. The summed E-state index contributed by atoms with van der Waals surface area (Å²) in [4.78, 5) is 4.58. The van der Waals surface area contributed by atoms with E-state index in [1.807, 2.05) is 6.92 Å². The Labute approximate surface area is 138 Å². The van der Waals surface area contributed by atoms with Crippen LogP contribution in [0, 0.1) is 20.8 Å². The third-order valence-corrected chi connectivity index (χ3v) is 4.93. The molecule has 114 valence electrons. The summed E-state index contributed by atoms with van der Waals surface area (Å²) in [6.07, 6.45) is 1.78. The first-order chi connectivity index (χ1) is 11.1. The molecule has 0 saturated heterocycles. The van der Waals surface area contributed by atoms with Gasteiger partial charge in [-0.05, 0) is 50.1 Å². The lowest BCUT2D eigenvalue weighted by Crippen LogP contribution is -2.01. The van der Waals surface area contributed by atoms with E-state index in [4.69, 9.17) is 0 Å². The van der Waals surface area contributed by atoms with Crippen LogP contribution in [0.2, 0.25) is 0 Å². The summed E-state index contributed by atoms with van der Waals surface area (Å²) in [7, 11) is 0. The van der Waals surface area contributed by atoms with Gasteiger partial charge in [0.25, 0.3) is 0 Å². The highest BCUT2D eigenvalue weighted by molar-refractivity contribution is 7.18. The average Bonchev–Trinajstić information content (AvgIpc) is 3.11. The van der Waals surface area contributed by atoms with Crippen molar-refractivity contribution in [1.82, 2.24) is 19.7 Å². The Kier molecular flexibility index (Phi) is 3.23. The van der Waals surface area contributed by atoms with Crippen molar-refractivity contribution >= 4 is 21.6 Å². The molecule has 23 heavy (non-hydrogen) atoms. The predicted molar refractivity (Wildman–Crippen MR) is 94.2 cm³/mol. The standard InChI is InChI=1S/C18H16N4S/c1-11-5-4-6-12(2)17(11)22-10-19-21-18(22)14-7-8-16-15(9-14)20-13(3)23-16/h4-10H,1-3H3. The minimum absolute atomic E-state index is 0.843.